The number of carbonyl (C=O) groups is 1. The molecule has 1 aromatic carbocycles. The first kappa shape index (κ1) is 17.2. The van der Waals surface area contributed by atoms with E-state index in [-0.39, 0.29) is 25.4 Å². The molecule has 1 atom stereocenters. The summed E-state index contributed by atoms with van der Waals surface area (Å²) in [6, 6.07) is 4.67. The Morgan fingerprint density at radius 2 is 2.16 bits per heavy atom. The third-order valence-electron chi connectivity index (χ3n) is 3.96. The van der Waals surface area contributed by atoms with Crippen molar-refractivity contribution in [2.45, 2.75) is 39.0 Å². The number of alkyl halides is 3. The van der Waals surface area contributed by atoms with Crippen LogP contribution < -0.4 is 4.74 Å². The minimum absolute atomic E-state index is 0.151. The predicted molar refractivity (Wildman–Crippen MR) is 78.6 cm³/mol. The third kappa shape index (κ3) is 3.90. The van der Waals surface area contributed by atoms with E-state index < -0.39 is 18.4 Å². The van der Waals surface area contributed by atoms with E-state index in [1.54, 1.807) is 22.5 Å². The molecular formula is C15H15F3N4O3. The molecule has 2 aromatic rings. The molecule has 7 nitrogen and oxygen atoms in total. The number of benzene rings is 1. The van der Waals surface area contributed by atoms with E-state index >= 15 is 0 Å². The van der Waals surface area contributed by atoms with Gasteiger partial charge in [-0.05, 0) is 24.6 Å². The average Bonchev–Trinajstić information content (AvgIpc) is 2.85. The summed E-state index contributed by atoms with van der Waals surface area (Å²) in [4.78, 5) is 13.2. The van der Waals surface area contributed by atoms with Crippen LogP contribution in [0.3, 0.4) is 0 Å². The number of aryl methyl sites for hydroxylation is 1. The van der Waals surface area contributed by atoms with Crippen LogP contribution in [0.2, 0.25) is 0 Å². The molecule has 0 spiro atoms. The van der Waals surface area contributed by atoms with Gasteiger partial charge in [-0.1, -0.05) is 12.1 Å². The van der Waals surface area contributed by atoms with E-state index in [2.05, 4.69) is 14.9 Å². The topological polar surface area (TPSA) is 80.5 Å². The lowest BCUT2D eigenvalue weighted by atomic mass is 10.1. The number of ether oxygens (including phenoxy) is 1. The Hall–Kier alpha value is -2.62. The molecule has 0 bridgehead atoms. The Morgan fingerprint density at radius 1 is 1.40 bits per heavy atom. The number of fused-ring (bicyclic) bond motifs is 1. The fourth-order valence-electron chi connectivity index (χ4n) is 2.84. The van der Waals surface area contributed by atoms with Gasteiger partial charge in [0.1, 0.15) is 23.4 Å². The van der Waals surface area contributed by atoms with Crippen LogP contribution in [-0.2, 0) is 24.4 Å². The first-order chi connectivity index (χ1) is 11.7. The summed E-state index contributed by atoms with van der Waals surface area (Å²) >= 11 is 0. The number of nitrogens with zero attached hydrogens (tertiary/aromatic N) is 4. The lowest BCUT2D eigenvalue weighted by Gasteiger charge is -2.33. The van der Waals surface area contributed by atoms with Crippen LogP contribution in [0.5, 0.6) is 5.75 Å². The van der Waals surface area contributed by atoms with Crippen LogP contribution in [0.4, 0.5) is 13.2 Å². The van der Waals surface area contributed by atoms with Crippen LogP contribution >= 0.6 is 0 Å². The third-order valence-corrected chi connectivity index (χ3v) is 3.96. The van der Waals surface area contributed by atoms with Gasteiger partial charge >= 0.3 is 12.3 Å². The zero-order valence-electron chi connectivity index (χ0n) is 13.2. The van der Waals surface area contributed by atoms with Crippen molar-refractivity contribution in [1.82, 2.24) is 19.7 Å². The van der Waals surface area contributed by atoms with Crippen molar-refractivity contribution in [2.75, 3.05) is 0 Å². The van der Waals surface area contributed by atoms with Gasteiger partial charge in [-0.25, -0.2) is 0 Å². The van der Waals surface area contributed by atoms with Crippen LogP contribution in [-0.4, -0.2) is 43.1 Å². The number of halogens is 3. The smallest absolute Gasteiger partial charge is 0.480 e. The van der Waals surface area contributed by atoms with Crippen molar-refractivity contribution in [2.24, 2.45) is 0 Å². The zero-order chi connectivity index (χ0) is 18.2. The molecule has 1 aliphatic rings. The molecule has 1 unspecified atom stereocenters. The standard InChI is InChI=1S/C15H15F3N4O3/c1-9-19-20-13-8-21(12(14(23)24)7-22(9)13)6-10-3-2-4-11(5-10)25-15(16,17)18/h2-5,12H,6-8H2,1H3,(H,23,24). The fraction of sp³-hybridized carbons (Fsp3) is 0.400. The second-order valence-corrected chi connectivity index (χ2v) is 5.73. The maximum atomic E-state index is 12.3. The monoisotopic (exact) mass is 356 g/mol. The van der Waals surface area contributed by atoms with E-state index in [1.807, 2.05) is 0 Å². The number of aliphatic carboxylic acids is 1. The molecule has 1 aliphatic heterocycles. The summed E-state index contributed by atoms with van der Waals surface area (Å²) in [5, 5.41) is 17.4. The summed E-state index contributed by atoms with van der Waals surface area (Å²) in [7, 11) is 0. The molecule has 25 heavy (non-hydrogen) atoms. The van der Waals surface area contributed by atoms with Crippen molar-refractivity contribution in [3.05, 3.63) is 41.5 Å². The van der Waals surface area contributed by atoms with Gasteiger partial charge in [0, 0.05) is 6.54 Å². The molecule has 0 saturated carbocycles. The van der Waals surface area contributed by atoms with E-state index in [1.165, 1.54) is 18.2 Å². The summed E-state index contributed by atoms with van der Waals surface area (Å²) in [6.45, 7) is 2.31. The number of hydrogen-bond acceptors (Lipinski definition) is 5. The number of aromatic nitrogens is 3. The molecular weight excluding hydrogens is 341 g/mol. The number of hydrogen-bond donors (Lipinski definition) is 1. The highest BCUT2D eigenvalue weighted by Crippen LogP contribution is 2.25. The van der Waals surface area contributed by atoms with E-state index in [0.717, 1.165) is 0 Å². The lowest BCUT2D eigenvalue weighted by molar-refractivity contribution is -0.274. The summed E-state index contributed by atoms with van der Waals surface area (Å²) in [5.74, 6) is -0.103. The van der Waals surface area contributed by atoms with Gasteiger partial charge in [0.15, 0.2) is 0 Å². The van der Waals surface area contributed by atoms with E-state index in [0.29, 0.717) is 17.2 Å². The van der Waals surface area contributed by atoms with E-state index in [9.17, 15) is 23.1 Å². The predicted octanol–water partition coefficient (Wildman–Crippen LogP) is 1.95. The molecule has 2 heterocycles. The maximum absolute atomic E-state index is 12.3. The van der Waals surface area contributed by atoms with Gasteiger partial charge in [-0.2, -0.15) is 0 Å². The highest BCUT2D eigenvalue weighted by molar-refractivity contribution is 5.73. The molecule has 134 valence electrons. The Bertz CT molecular complexity index is 791. The largest absolute Gasteiger partial charge is 0.573 e. The maximum Gasteiger partial charge on any atom is 0.573 e. The first-order valence-corrected chi connectivity index (χ1v) is 7.43. The average molecular weight is 356 g/mol. The van der Waals surface area contributed by atoms with Crippen molar-refractivity contribution < 1.29 is 27.8 Å². The fourth-order valence-corrected chi connectivity index (χ4v) is 2.84. The molecule has 0 saturated heterocycles. The molecule has 0 fully saturated rings. The minimum Gasteiger partial charge on any atom is -0.480 e. The SMILES string of the molecule is Cc1nnc2n1CC(C(=O)O)N(Cc1cccc(OC(F)(F)F)c1)C2. The zero-order valence-corrected chi connectivity index (χ0v) is 13.2. The van der Waals surface area contributed by atoms with Gasteiger partial charge in [-0.15, -0.1) is 23.4 Å². The van der Waals surface area contributed by atoms with Gasteiger partial charge in [0.2, 0.25) is 0 Å². The highest BCUT2D eigenvalue weighted by Gasteiger charge is 2.34. The van der Waals surface area contributed by atoms with Crippen LogP contribution in [0.15, 0.2) is 24.3 Å². The summed E-state index contributed by atoms with van der Waals surface area (Å²) in [6.07, 6.45) is -4.78. The van der Waals surface area contributed by atoms with Crippen molar-refractivity contribution in [3.63, 3.8) is 0 Å². The van der Waals surface area contributed by atoms with Gasteiger partial charge in [0.05, 0.1) is 13.1 Å². The Labute approximate surface area is 140 Å². The van der Waals surface area contributed by atoms with Crippen molar-refractivity contribution in [3.8, 4) is 5.75 Å². The van der Waals surface area contributed by atoms with E-state index in [4.69, 9.17) is 0 Å². The second-order valence-electron chi connectivity index (χ2n) is 5.73. The molecule has 0 amide bonds. The summed E-state index contributed by atoms with van der Waals surface area (Å²) in [5.41, 5.74) is 0.512. The van der Waals surface area contributed by atoms with Crippen LogP contribution in [0, 0.1) is 6.92 Å². The molecule has 0 aliphatic carbocycles. The van der Waals surface area contributed by atoms with Crippen molar-refractivity contribution >= 4 is 5.97 Å². The lowest BCUT2D eigenvalue weighted by Crippen LogP contribution is -2.47. The van der Waals surface area contributed by atoms with Gasteiger partial charge in [-0.3, -0.25) is 9.69 Å². The number of carboxylic acid groups (broad SMARTS) is 1. The van der Waals surface area contributed by atoms with Crippen LogP contribution in [0.1, 0.15) is 17.2 Å². The second kappa shape index (κ2) is 6.36. The van der Waals surface area contributed by atoms with Gasteiger partial charge in [0.25, 0.3) is 0 Å². The Kier molecular flexibility index (Phi) is 4.38. The molecule has 3 rings (SSSR count). The first-order valence-electron chi connectivity index (χ1n) is 7.43. The number of carboxylic acids is 1. The highest BCUT2D eigenvalue weighted by atomic mass is 19.4. The minimum atomic E-state index is -4.78. The molecule has 0 radical (unpaired) electrons. The number of rotatable bonds is 4. The summed E-state index contributed by atoms with van der Waals surface area (Å²) < 4.78 is 42.7. The van der Waals surface area contributed by atoms with Gasteiger partial charge < -0.3 is 14.4 Å². The quantitative estimate of drug-likeness (QED) is 0.902. The molecule has 1 N–H and O–H groups in total. The normalized spacial score (nSPS) is 18.0. The van der Waals surface area contributed by atoms with Crippen molar-refractivity contribution in [1.29, 1.82) is 0 Å². The molecule has 1 aromatic heterocycles. The van der Waals surface area contributed by atoms with Crippen LogP contribution in [0.25, 0.3) is 0 Å². The Morgan fingerprint density at radius 3 is 2.84 bits per heavy atom. The Balaban J connectivity index is 1.81. The molecule has 10 heteroatoms.